The van der Waals surface area contributed by atoms with E-state index in [1.54, 1.807) is 0 Å². The second-order valence-corrected chi connectivity index (χ2v) is 10.1. The molecule has 1 aromatic rings. The van der Waals surface area contributed by atoms with Crippen LogP contribution in [0, 0.1) is 17.7 Å². The highest BCUT2D eigenvalue weighted by molar-refractivity contribution is 6.24. The fourth-order valence-corrected chi connectivity index (χ4v) is 6.14. The van der Waals surface area contributed by atoms with Crippen LogP contribution in [-0.4, -0.2) is 67.7 Å². The van der Waals surface area contributed by atoms with E-state index >= 15 is 4.39 Å². The number of benzene rings is 1. The molecule has 1 amide bonds. The molecule has 0 spiro atoms. The lowest BCUT2D eigenvalue weighted by Crippen LogP contribution is -2.57. The zero-order valence-corrected chi connectivity index (χ0v) is 19.3. The molecule has 192 valence electrons. The maximum Gasteiger partial charge on any atom is 0.255 e. The third kappa shape index (κ3) is 3.44. The van der Waals surface area contributed by atoms with Crippen molar-refractivity contribution >= 4 is 17.5 Å². The van der Waals surface area contributed by atoms with Gasteiger partial charge in [0.2, 0.25) is 5.78 Å². The van der Waals surface area contributed by atoms with E-state index < -0.39 is 69.7 Å². The normalized spacial score (nSPS) is 29.2. The number of likely N-dealkylation sites (tertiary alicyclic amines) is 1. The minimum atomic E-state index is -2.66. The number of ketones is 2. The van der Waals surface area contributed by atoms with Crippen molar-refractivity contribution in [3.63, 3.8) is 0 Å². The molecule has 1 saturated heterocycles. The fourth-order valence-electron chi connectivity index (χ4n) is 6.14. The number of piperidine rings is 1. The summed E-state index contributed by atoms with van der Waals surface area (Å²) in [6.07, 6.45) is -0.773. The van der Waals surface area contributed by atoms with Gasteiger partial charge in [-0.15, -0.1) is 0 Å². The number of primary amides is 1. The Hall–Kier alpha value is -3.31. The van der Waals surface area contributed by atoms with E-state index in [1.807, 2.05) is 4.90 Å². The fraction of sp³-hybridized carbons (Fsp3) is 0.480. The number of hydrogen-bond acceptors (Lipinski definition) is 8. The van der Waals surface area contributed by atoms with Crippen LogP contribution in [0.5, 0.6) is 5.75 Å². The largest absolute Gasteiger partial charge is 0.511 e. The Labute approximate surface area is 204 Å². The molecule has 4 aliphatic rings. The number of hydrogen-bond donors (Lipinski definition) is 5. The van der Waals surface area contributed by atoms with Gasteiger partial charge in [-0.2, -0.15) is 0 Å². The second-order valence-electron chi connectivity index (χ2n) is 10.1. The zero-order valence-electron chi connectivity index (χ0n) is 19.3. The molecule has 0 saturated carbocycles. The van der Waals surface area contributed by atoms with Crippen molar-refractivity contribution in [1.82, 2.24) is 4.90 Å². The molecule has 3 atom stereocenters. The van der Waals surface area contributed by atoms with Gasteiger partial charge in [-0.25, -0.2) is 8.78 Å². The summed E-state index contributed by atoms with van der Waals surface area (Å²) < 4.78 is 29.1. The number of alkyl halides is 1. The molecule has 5 rings (SSSR count). The van der Waals surface area contributed by atoms with Crippen LogP contribution in [-0.2, 0) is 22.6 Å². The summed E-state index contributed by atoms with van der Waals surface area (Å²) in [5, 5.41) is 43.1. The molecule has 1 heterocycles. The average Bonchev–Trinajstić information content (AvgIpc) is 2.80. The van der Waals surface area contributed by atoms with Gasteiger partial charge in [0.25, 0.3) is 5.91 Å². The Morgan fingerprint density at radius 3 is 2.47 bits per heavy atom. The van der Waals surface area contributed by atoms with Crippen molar-refractivity contribution in [2.45, 2.75) is 50.4 Å². The lowest BCUT2D eigenvalue weighted by molar-refractivity contribution is -0.144. The highest BCUT2D eigenvalue weighted by Gasteiger charge is 2.59. The minimum absolute atomic E-state index is 0.0397. The van der Waals surface area contributed by atoms with Crippen LogP contribution in [0.25, 0.3) is 0 Å². The second kappa shape index (κ2) is 8.38. The van der Waals surface area contributed by atoms with Gasteiger partial charge in [0, 0.05) is 48.7 Å². The van der Waals surface area contributed by atoms with Crippen LogP contribution in [0.15, 0.2) is 28.7 Å². The molecule has 1 fully saturated rings. The van der Waals surface area contributed by atoms with Crippen LogP contribution in [0.2, 0.25) is 0 Å². The van der Waals surface area contributed by atoms with Gasteiger partial charge in [0.05, 0.1) is 5.56 Å². The number of amides is 1. The summed E-state index contributed by atoms with van der Waals surface area (Å²) in [6.45, 7) is 0.982. The lowest BCUT2D eigenvalue weighted by Gasteiger charge is -2.45. The summed E-state index contributed by atoms with van der Waals surface area (Å²) in [5.41, 5.74) is 1.07. The van der Waals surface area contributed by atoms with E-state index in [-0.39, 0.29) is 48.1 Å². The summed E-state index contributed by atoms with van der Waals surface area (Å²) >= 11 is 0. The van der Waals surface area contributed by atoms with E-state index in [0.29, 0.717) is 25.9 Å². The number of rotatable bonds is 3. The first-order valence-electron chi connectivity index (χ1n) is 11.8. The predicted octanol–water partition coefficient (Wildman–Crippen LogP) is 1.65. The van der Waals surface area contributed by atoms with E-state index in [1.165, 1.54) is 0 Å². The average molecular weight is 504 g/mol. The number of halogens is 2. The molecule has 9 nitrogen and oxygen atoms in total. The Balaban J connectivity index is 1.55. The van der Waals surface area contributed by atoms with Crippen molar-refractivity contribution in [3.05, 3.63) is 51.2 Å². The van der Waals surface area contributed by atoms with Gasteiger partial charge in [-0.05, 0) is 37.7 Å². The Morgan fingerprint density at radius 1 is 1.17 bits per heavy atom. The molecular formula is C25H26F2N2O7. The molecule has 0 aromatic heterocycles. The standard InChI is InChI=1S/C25H26F2N2O7/c26-13-1-3-29(4-2-13)9-11-7-15(30)18-14(20(11)27)6-10-5-12-8-16(31)19(24(28)35)23(34)25(12,36)22(33)17(10)21(18)32/h7,10,12-13,30-31,33,36H,1-6,8-9H2,(H2,28,35)/t10?,12-,25-/m0/s1. The maximum absolute atomic E-state index is 15.6. The van der Waals surface area contributed by atoms with Crippen molar-refractivity contribution in [2.24, 2.45) is 17.6 Å². The van der Waals surface area contributed by atoms with Crippen molar-refractivity contribution in [2.75, 3.05) is 13.1 Å². The molecule has 0 radical (unpaired) electrons. The number of aliphatic hydroxyl groups is 3. The van der Waals surface area contributed by atoms with Gasteiger partial charge < -0.3 is 26.2 Å². The third-order valence-electron chi connectivity index (χ3n) is 7.98. The monoisotopic (exact) mass is 504 g/mol. The maximum atomic E-state index is 15.6. The lowest BCUT2D eigenvalue weighted by atomic mass is 9.60. The number of phenols is 1. The summed E-state index contributed by atoms with van der Waals surface area (Å²) in [7, 11) is 0. The van der Waals surface area contributed by atoms with Crippen LogP contribution < -0.4 is 5.73 Å². The molecule has 0 bridgehead atoms. The first-order chi connectivity index (χ1) is 16.9. The van der Waals surface area contributed by atoms with Crippen molar-refractivity contribution < 1.29 is 43.6 Å². The first-order valence-corrected chi connectivity index (χ1v) is 11.8. The van der Waals surface area contributed by atoms with E-state index in [9.17, 15) is 39.2 Å². The number of nitrogens with two attached hydrogens (primary N) is 1. The number of fused-ring (bicyclic) bond motifs is 3. The summed E-state index contributed by atoms with van der Waals surface area (Å²) in [5.74, 6) is -8.21. The van der Waals surface area contributed by atoms with Gasteiger partial charge >= 0.3 is 0 Å². The number of carbonyl (C=O) groups excluding carboxylic acids is 3. The number of nitrogens with zero attached hydrogens (tertiary/aromatic N) is 1. The number of Topliss-reactive ketones (excluding diaryl/α,β-unsaturated/α-hetero) is 2. The Bertz CT molecular complexity index is 1270. The van der Waals surface area contributed by atoms with Gasteiger partial charge in [-0.3, -0.25) is 19.3 Å². The topological polar surface area (TPSA) is 161 Å². The van der Waals surface area contributed by atoms with Gasteiger partial charge in [0.1, 0.15) is 34.8 Å². The van der Waals surface area contributed by atoms with E-state index in [2.05, 4.69) is 0 Å². The van der Waals surface area contributed by atoms with Gasteiger partial charge in [0.15, 0.2) is 11.4 Å². The third-order valence-corrected chi connectivity index (χ3v) is 7.98. The summed E-state index contributed by atoms with van der Waals surface area (Å²) in [4.78, 5) is 39.9. The molecule has 36 heavy (non-hydrogen) atoms. The number of phenolic OH excluding ortho intramolecular Hbond substituents is 1. The smallest absolute Gasteiger partial charge is 0.255 e. The number of allylic oxidation sites excluding steroid dienone is 2. The van der Waals surface area contributed by atoms with Crippen molar-refractivity contribution in [1.29, 1.82) is 0 Å². The summed E-state index contributed by atoms with van der Waals surface area (Å²) in [6, 6.07) is 1.13. The van der Waals surface area contributed by atoms with Gasteiger partial charge in [-0.1, -0.05) is 0 Å². The molecule has 1 unspecified atom stereocenters. The molecule has 1 aromatic carbocycles. The van der Waals surface area contributed by atoms with Crippen LogP contribution >= 0.6 is 0 Å². The number of aliphatic hydroxyl groups excluding tert-OH is 2. The molecule has 1 aliphatic heterocycles. The van der Waals surface area contributed by atoms with Crippen molar-refractivity contribution in [3.8, 4) is 5.75 Å². The molecule has 3 aliphatic carbocycles. The van der Waals surface area contributed by atoms with Crippen LogP contribution in [0.3, 0.4) is 0 Å². The number of carbonyl (C=O) groups is 3. The van der Waals surface area contributed by atoms with Crippen LogP contribution in [0.4, 0.5) is 8.78 Å². The minimum Gasteiger partial charge on any atom is -0.511 e. The zero-order chi connectivity index (χ0) is 26.1. The van der Waals surface area contributed by atoms with E-state index in [0.717, 1.165) is 6.07 Å². The first kappa shape index (κ1) is 24.4. The molecule has 6 N–H and O–H groups in total. The SMILES string of the molecule is NC(=O)C1=C(O)C[C@@H]2CC3Cc4c(F)c(CN5CCC(F)CC5)cc(O)c4C(=O)C3=C(O)[C@]2(O)C1=O. The highest BCUT2D eigenvalue weighted by Crippen LogP contribution is 2.51. The number of aromatic hydroxyl groups is 1. The van der Waals surface area contributed by atoms with E-state index in [4.69, 9.17) is 5.73 Å². The Morgan fingerprint density at radius 2 is 1.83 bits per heavy atom. The quantitative estimate of drug-likeness (QED) is 0.388. The Kier molecular flexibility index (Phi) is 5.68. The molecular weight excluding hydrogens is 478 g/mol. The highest BCUT2D eigenvalue weighted by atomic mass is 19.1. The molecule has 11 heteroatoms. The van der Waals surface area contributed by atoms with Crippen LogP contribution in [0.1, 0.15) is 47.2 Å². The predicted molar refractivity (Wildman–Crippen MR) is 120 cm³/mol.